The van der Waals surface area contributed by atoms with Crippen molar-refractivity contribution in [2.24, 2.45) is 5.73 Å². The van der Waals surface area contributed by atoms with E-state index in [1.54, 1.807) is 18.3 Å². The van der Waals surface area contributed by atoms with E-state index >= 15 is 0 Å². The van der Waals surface area contributed by atoms with Crippen LogP contribution in [-0.4, -0.2) is 11.3 Å². The second-order valence-corrected chi connectivity index (χ2v) is 3.34. The normalized spacial score (nSPS) is 12.4. The number of unbranched alkanes of at least 4 members (excludes halogenated alkanes) is 1. The lowest BCUT2D eigenvalue weighted by Crippen LogP contribution is -2.14. The van der Waals surface area contributed by atoms with Crippen LogP contribution in [0.15, 0.2) is 18.3 Å². The van der Waals surface area contributed by atoms with Crippen molar-refractivity contribution in [2.45, 2.75) is 32.2 Å². The predicted octanol–water partition coefficient (Wildman–Crippen LogP) is 2.08. The molecule has 0 unspecified atom stereocenters. The minimum atomic E-state index is -0.114. The number of aldehydes is 1. The summed E-state index contributed by atoms with van der Waals surface area (Å²) in [6.45, 7) is 2.12. The smallest absolute Gasteiger partial charge is 0.151 e. The number of pyridine rings is 1. The Morgan fingerprint density at radius 2 is 2.43 bits per heavy atom. The van der Waals surface area contributed by atoms with Crippen LogP contribution in [0.4, 0.5) is 0 Å². The average Bonchev–Trinajstić information content (AvgIpc) is 2.25. The summed E-state index contributed by atoms with van der Waals surface area (Å²) in [5, 5.41) is 0. The van der Waals surface area contributed by atoms with Gasteiger partial charge in [0.15, 0.2) is 6.29 Å². The Morgan fingerprint density at radius 1 is 1.64 bits per heavy atom. The molecule has 76 valence electrons. The molecule has 0 amide bonds. The number of aromatic nitrogens is 1. The third-order valence-electron chi connectivity index (χ3n) is 2.22. The van der Waals surface area contributed by atoms with E-state index in [1.807, 2.05) is 0 Å². The lowest BCUT2D eigenvalue weighted by molar-refractivity contribution is 0.112. The lowest BCUT2D eigenvalue weighted by atomic mass is 10.0. The highest BCUT2D eigenvalue weighted by Gasteiger charge is 2.10. The topological polar surface area (TPSA) is 56.0 Å². The number of hydrogen-bond acceptors (Lipinski definition) is 3. The lowest BCUT2D eigenvalue weighted by Gasteiger charge is -2.11. The minimum Gasteiger partial charge on any atom is -0.323 e. The van der Waals surface area contributed by atoms with Crippen LogP contribution < -0.4 is 5.73 Å². The zero-order valence-corrected chi connectivity index (χ0v) is 8.44. The van der Waals surface area contributed by atoms with Crippen LogP contribution >= 0.6 is 0 Å². The first-order valence-electron chi connectivity index (χ1n) is 4.95. The molecule has 3 nitrogen and oxygen atoms in total. The molecule has 1 rings (SSSR count). The highest BCUT2D eigenvalue weighted by molar-refractivity contribution is 5.76. The summed E-state index contributed by atoms with van der Waals surface area (Å²) in [6.07, 6.45) is 5.55. The van der Waals surface area contributed by atoms with Gasteiger partial charge in [-0.1, -0.05) is 19.8 Å². The quantitative estimate of drug-likeness (QED) is 0.727. The summed E-state index contributed by atoms with van der Waals surface area (Å²) in [5.74, 6) is 0. The fourth-order valence-electron chi connectivity index (χ4n) is 1.40. The van der Waals surface area contributed by atoms with E-state index in [9.17, 15) is 4.79 Å². The first kappa shape index (κ1) is 10.9. The Bertz CT molecular complexity index is 299. The second-order valence-electron chi connectivity index (χ2n) is 3.34. The maximum atomic E-state index is 10.7. The third kappa shape index (κ3) is 2.64. The van der Waals surface area contributed by atoms with Crippen molar-refractivity contribution in [3.05, 3.63) is 29.6 Å². The van der Waals surface area contributed by atoms with Gasteiger partial charge in [0.1, 0.15) is 0 Å². The molecule has 1 atom stereocenters. The van der Waals surface area contributed by atoms with Crippen LogP contribution in [0.5, 0.6) is 0 Å². The SMILES string of the molecule is CCCC[C@@H](N)c1ncccc1C=O. The van der Waals surface area contributed by atoms with Gasteiger partial charge < -0.3 is 5.73 Å². The van der Waals surface area contributed by atoms with Crippen molar-refractivity contribution in [3.63, 3.8) is 0 Å². The monoisotopic (exact) mass is 192 g/mol. The highest BCUT2D eigenvalue weighted by atomic mass is 16.1. The van der Waals surface area contributed by atoms with E-state index in [1.165, 1.54) is 0 Å². The van der Waals surface area contributed by atoms with Crippen molar-refractivity contribution in [2.75, 3.05) is 0 Å². The minimum absolute atomic E-state index is 0.114. The van der Waals surface area contributed by atoms with Crippen LogP contribution in [0.25, 0.3) is 0 Å². The molecule has 0 fully saturated rings. The van der Waals surface area contributed by atoms with Gasteiger partial charge in [0.2, 0.25) is 0 Å². The van der Waals surface area contributed by atoms with Gasteiger partial charge in [0.05, 0.1) is 5.69 Å². The fraction of sp³-hybridized carbons (Fsp3) is 0.455. The third-order valence-corrected chi connectivity index (χ3v) is 2.22. The molecule has 0 aromatic carbocycles. The van der Waals surface area contributed by atoms with Crippen LogP contribution in [-0.2, 0) is 0 Å². The van der Waals surface area contributed by atoms with Crippen molar-refractivity contribution in [3.8, 4) is 0 Å². The van der Waals surface area contributed by atoms with Gasteiger partial charge >= 0.3 is 0 Å². The Kier molecular flexibility index (Phi) is 4.26. The van der Waals surface area contributed by atoms with Gasteiger partial charge in [-0.25, -0.2) is 0 Å². The van der Waals surface area contributed by atoms with E-state index in [0.29, 0.717) is 5.56 Å². The standard InChI is InChI=1S/C11H16N2O/c1-2-3-6-10(12)11-9(8-14)5-4-7-13-11/h4-5,7-8,10H,2-3,6,12H2,1H3/t10-/m1/s1. The molecule has 1 aromatic heterocycles. The van der Waals surface area contributed by atoms with Gasteiger partial charge in [-0.2, -0.15) is 0 Å². The molecule has 0 spiro atoms. The average molecular weight is 192 g/mol. The number of hydrogen-bond donors (Lipinski definition) is 1. The van der Waals surface area contributed by atoms with Crippen molar-refractivity contribution < 1.29 is 4.79 Å². The summed E-state index contributed by atoms with van der Waals surface area (Å²) in [7, 11) is 0. The number of carbonyl (C=O) groups excluding carboxylic acids is 1. The van der Waals surface area contributed by atoms with Gasteiger partial charge in [-0.05, 0) is 18.6 Å². The molecule has 0 aliphatic heterocycles. The van der Waals surface area contributed by atoms with E-state index in [-0.39, 0.29) is 6.04 Å². The number of nitrogens with two attached hydrogens (primary N) is 1. The van der Waals surface area contributed by atoms with Crippen molar-refractivity contribution in [1.82, 2.24) is 4.98 Å². The van der Waals surface area contributed by atoms with Crippen LogP contribution in [0, 0.1) is 0 Å². The highest BCUT2D eigenvalue weighted by Crippen LogP contribution is 2.16. The molecule has 0 saturated carbocycles. The molecule has 0 aliphatic rings. The molecular formula is C11H16N2O. The summed E-state index contributed by atoms with van der Waals surface area (Å²) in [5.41, 5.74) is 7.26. The van der Waals surface area contributed by atoms with Crippen LogP contribution in [0.2, 0.25) is 0 Å². The zero-order chi connectivity index (χ0) is 10.4. The molecule has 0 aliphatic carbocycles. The molecule has 1 heterocycles. The van der Waals surface area contributed by atoms with E-state index in [4.69, 9.17) is 5.73 Å². The van der Waals surface area contributed by atoms with Crippen molar-refractivity contribution >= 4 is 6.29 Å². The van der Waals surface area contributed by atoms with E-state index in [0.717, 1.165) is 31.2 Å². The summed E-state index contributed by atoms with van der Waals surface area (Å²) < 4.78 is 0. The van der Waals surface area contributed by atoms with Gasteiger partial charge in [0, 0.05) is 17.8 Å². The zero-order valence-electron chi connectivity index (χ0n) is 8.44. The second kappa shape index (κ2) is 5.50. The molecule has 2 N–H and O–H groups in total. The van der Waals surface area contributed by atoms with Crippen LogP contribution in [0.1, 0.15) is 48.3 Å². The molecule has 0 saturated heterocycles. The summed E-state index contributed by atoms with van der Waals surface area (Å²) in [4.78, 5) is 14.9. The molecule has 0 radical (unpaired) electrons. The Balaban J connectivity index is 2.77. The maximum absolute atomic E-state index is 10.7. The molecule has 0 bridgehead atoms. The molecule has 1 aromatic rings. The molecule has 14 heavy (non-hydrogen) atoms. The summed E-state index contributed by atoms with van der Waals surface area (Å²) in [6, 6.07) is 3.39. The first-order chi connectivity index (χ1) is 6.79. The van der Waals surface area contributed by atoms with Gasteiger partial charge in [0.25, 0.3) is 0 Å². The Morgan fingerprint density at radius 3 is 3.07 bits per heavy atom. The number of carbonyl (C=O) groups is 1. The Hall–Kier alpha value is -1.22. The predicted molar refractivity (Wildman–Crippen MR) is 56.1 cm³/mol. The van der Waals surface area contributed by atoms with Crippen molar-refractivity contribution in [1.29, 1.82) is 0 Å². The van der Waals surface area contributed by atoms with Gasteiger partial charge in [-0.15, -0.1) is 0 Å². The van der Waals surface area contributed by atoms with E-state index in [2.05, 4.69) is 11.9 Å². The maximum Gasteiger partial charge on any atom is 0.151 e. The summed E-state index contributed by atoms with van der Waals surface area (Å²) >= 11 is 0. The number of nitrogens with zero attached hydrogens (tertiary/aromatic N) is 1. The molecular weight excluding hydrogens is 176 g/mol. The van der Waals surface area contributed by atoms with Crippen LogP contribution in [0.3, 0.4) is 0 Å². The Labute approximate surface area is 84.3 Å². The number of rotatable bonds is 5. The van der Waals surface area contributed by atoms with Gasteiger partial charge in [-0.3, -0.25) is 9.78 Å². The van der Waals surface area contributed by atoms with E-state index < -0.39 is 0 Å². The largest absolute Gasteiger partial charge is 0.323 e. The first-order valence-corrected chi connectivity index (χ1v) is 4.95. The molecule has 3 heteroatoms. The fourth-order valence-corrected chi connectivity index (χ4v) is 1.40.